The van der Waals surface area contributed by atoms with E-state index in [1.165, 1.54) is 26.4 Å². The van der Waals surface area contributed by atoms with Crippen molar-refractivity contribution >= 4 is 17.8 Å². The van der Waals surface area contributed by atoms with Crippen LogP contribution in [0.15, 0.2) is 60.4 Å². The van der Waals surface area contributed by atoms with Crippen molar-refractivity contribution in [3.05, 3.63) is 82.6 Å². The van der Waals surface area contributed by atoms with Crippen LogP contribution in [0.2, 0.25) is 0 Å². The standard InChI is InChI=1S/C27H24O7/c1-5-32-20-9-7-6-8-17(20)13-24-26(28)25-16(2)12-19(15-23(25)34-24)33-27(29)18-10-11-21(30-3)22(14-18)31-4/h6-15H,5H2,1-4H3/b24-13-. The number of ketones is 1. The highest BCUT2D eigenvalue weighted by molar-refractivity contribution is 6.15. The predicted molar refractivity (Wildman–Crippen MR) is 126 cm³/mol. The number of hydrogen-bond donors (Lipinski definition) is 0. The summed E-state index contributed by atoms with van der Waals surface area (Å²) in [5, 5.41) is 0. The van der Waals surface area contributed by atoms with Gasteiger partial charge in [-0.2, -0.15) is 0 Å². The van der Waals surface area contributed by atoms with Gasteiger partial charge in [0.05, 0.1) is 32.0 Å². The third-order valence-corrected chi connectivity index (χ3v) is 5.28. The second-order valence-corrected chi connectivity index (χ2v) is 7.48. The molecule has 0 radical (unpaired) electrons. The van der Waals surface area contributed by atoms with Crippen LogP contribution < -0.4 is 23.7 Å². The van der Waals surface area contributed by atoms with Gasteiger partial charge in [0.2, 0.25) is 5.78 Å². The van der Waals surface area contributed by atoms with E-state index in [1.807, 2.05) is 31.2 Å². The first-order chi connectivity index (χ1) is 16.4. The summed E-state index contributed by atoms with van der Waals surface area (Å²) in [5.41, 5.74) is 2.10. The van der Waals surface area contributed by atoms with Crippen molar-refractivity contribution in [3.8, 4) is 28.7 Å². The van der Waals surface area contributed by atoms with Gasteiger partial charge in [0, 0.05) is 11.6 Å². The molecule has 1 heterocycles. The van der Waals surface area contributed by atoms with Gasteiger partial charge in [-0.3, -0.25) is 4.79 Å². The van der Waals surface area contributed by atoms with Gasteiger partial charge >= 0.3 is 5.97 Å². The van der Waals surface area contributed by atoms with E-state index in [2.05, 4.69) is 0 Å². The van der Waals surface area contributed by atoms with Gasteiger partial charge < -0.3 is 23.7 Å². The molecule has 0 atom stereocenters. The molecule has 0 N–H and O–H groups in total. The quantitative estimate of drug-likeness (QED) is 0.271. The lowest BCUT2D eigenvalue weighted by Crippen LogP contribution is -2.09. The summed E-state index contributed by atoms with van der Waals surface area (Å²) < 4.78 is 27.5. The summed E-state index contributed by atoms with van der Waals surface area (Å²) >= 11 is 0. The van der Waals surface area contributed by atoms with Crippen LogP contribution in [-0.4, -0.2) is 32.6 Å². The highest BCUT2D eigenvalue weighted by Gasteiger charge is 2.30. The zero-order chi connectivity index (χ0) is 24.2. The Balaban J connectivity index is 1.59. The minimum atomic E-state index is -0.578. The Kier molecular flexibility index (Phi) is 6.54. The fourth-order valence-corrected chi connectivity index (χ4v) is 3.69. The number of esters is 1. The monoisotopic (exact) mass is 460 g/mol. The van der Waals surface area contributed by atoms with E-state index in [1.54, 1.807) is 31.2 Å². The SMILES string of the molecule is CCOc1ccccc1/C=C1\Oc2cc(OC(=O)c3ccc(OC)c(OC)c3)cc(C)c2C1=O. The molecule has 34 heavy (non-hydrogen) atoms. The first kappa shape index (κ1) is 22.9. The molecule has 0 unspecified atom stereocenters. The Morgan fingerprint density at radius 2 is 1.74 bits per heavy atom. The Labute approximate surface area is 197 Å². The van der Waals surface area contributed by atoms with Gasteiger partial charge in [0.15, 0.2) is 17.3 Å². The van der Waals surface area contributed by atoms with Gasteiger partial charge in [-0.15, -0.1) is 0 Å². The first-order valence-electron chi connectivity index (χ1n) is 10.7. The minimum absolute atomic E-state index is 0.175. The Morgan fingerprint density at radius 3 is 2.47 bits per heavy atom. The summed E-state index contributed by atoms with van der Waals surface area (Å²) in [4.78, 5) is 25.7. The third kappa shape index (κ3) is 4.45. The second kappa shape index (κ2) is 9.70. The molecule has 1 aliphatic rings. The van der Waals surface area contributed by atoms with E-state index in [0.29, 0.717) is 46.3 Å². The maximum absolute atomic E-state index is 13.0. The molecule has 0 fully saturated rings. The summed E-state index contributed by atoms with van der Waals surface area (Å²) in [5.74, 6) is 1.53. The maximum atomic E-state index is 13.0. The largest absolute Gasteiger partial charge is 0.493 e. The average molecular weight is 460 g/mol. The molecule has 0 aliphatic carbocycles. The molecule has 0 saturated heterocycles. The van der Waals surface area contributed by atoms with E-state index in [9.17, 15) is 9.59 Å². The highest BCUT2D eigenvalue weighted by atomic mass is 16.5. The molecule has 3 aromatic carbocycles. The molecule has 0 spiro atoms. The molecule has 0 saturated carbocycles. The molecule has 174 valence electrons. The first-order valence-corrected chi connectivity index (χ1v) is 10.7. The van der Waals surface area contributed by atoms with Gasteiger partial charge in [-0.1, -0.05) is 18.2 Å². The number of benzene rings is 3. The van der Waals surface area contributed by atoms with Gasteiger partial charge in [-0.05, 0) is 55.8 Å². The van der Waals surface area contributed by atoms with E-state index >= 15 is 0 Å². The summed E-state index contributed by atoms with van der Waals surface area (Å²) in [7, 11) is 3.01. The van der Waals surface area contributed by atoms with Crippen molar-refractivity contribution in [2.24, 2.45) is 0 Å². The molecule has 0 amide bonds. The van der Waals surface area contributed by atoms with Crippen LogP contribution in [0.25, 0.3) is 6.08 Å². The summed E-state index contributed by atoms with van der Waals surface area (Å²) in [6, 6.07) is 15.3. The average Bonchev–Trinajstić information content (AvgIpc) is 3.15. The number of carbonyl (C=O) groups excluding carboxylic acids is 2. The molecule has 0 aromatic heterocycles. The zero-order valence-corrected chi connectivity index (χ0v) is 19.3. The molecule has 0 bridgehead atoms. The fraction of sp³-hybridized carbons (Fsp3) is 0.185. The summed E-state index contributed by atoms with van der Waals surface area (Å²) in [6.45, 7) is 4.17. The van der Waals surface area contributed by atoms with Gasteiger partial charge in [-0.25, -0.2) is 4.79 Å². The molecular weight excluding hydrogens is 436 g/mol. The van der Waals surface area contributed by atoms with Crippen molar-refractivity contribution in [2.45, 2.75) is 13.8 Å². The van der Waals surface area contributed by atoms with Gasteiger partial charge in [0.1, 0.15) is 17.2 Å². The molecule has 1 aliphatic heterocycles. The van der Waals surface area contributed by atoms with Crippen LogP contribution in [0.5, 0.6) is 28.7 Å². The molecule has 3 aromatic rings. The number of carbonyl (C=O) groups is 2. The predicted octanol–water partition coefficient (Wildman–Crippen LogP) is 5.25. The minimum Gasteiger partial charge on any atom is -0.493 e. The van der Waals surface area contributed by atoms with E-state index in [-0.39, 0.29) is 17.3 Å². The lowest BCUT2D eigenvalue weighted by Gasteiger charge is -2.10. The summed E-state index contributed by atoms with van der Waals surface area (Å²) in [6.07, 6.45) is 1.65. The van der Waals surface area contributed by atoms with Crippen LogP contribution in [0.4, 0.5) is 0 Å². The lowest BCUT2D eigenvalue weighted by atomic mass is 10.0. The lowest BCUT2D eigenvalue weighted by molar-refractivity contribution is 0.0734. The number of aryl methyl sites for hydroxylation is 1. The number of allylic oxidation sites excluding steroid dienone is 1. The maximum Gasteiger partial charge on any atom is 0.343 e. The van der Waals surface area contributed by atoms with Crippen molar-refractivity contribution in [3.63, 3.8) is 0 Å². The Morgan fingerprint density at radius 1 is 0.971 bits per heavy atom. The fourth-order valence-electron chi connectivity index (χ4n) is 3.69. The number of para-hydroxylation sites is 1. The van der Waals surface area contributed by atoms with Crippen LogP contribution in [-0.2, 0) is 0 Å². The number of Topliss-reactive ketones (excluding diaryl/α,β-unsaturated/α-hetero) is 1. The number of methoxy groups -OCH3 is 2. The van der Waals surface area contributed by atoms with Crippen molar-refractivity contribution < 1.29 is 33.3 Å². The smallest absolute Gasteiger partial charge is 0.343 e. The number of rotatable bonds is 7. The van der Waals surface area contributed by atoms with Crippen LogP contribution in [0.1, 0.15) is 38.8 Å². The molecule has 4 rings (SSSR count). The third-order valence-electron chi connectivity index (χ3n) is 5.28. The topological polar surface area (TPSA) is 80.3 Å². The van der Waals surface area contributed by atoms with E-state index < -0.39 is 5.97 Å². The zero-order valence-electron chi connectivity index (χ0n) is 19.3. The Hall–Kier alpha value is -4.26. The van der Waals surface area contributed by atoms with Crippen molar-refractivity contribution in [1.29, 1.82) is 0 Å². The van der Waals surface area contributed by atoms with Crippen LogP contribution >= 0.6 is 0 Å². The number of fused-ring (bicyclic) bond motifs is 1. The van der Waals surface area contributed by atoms with Crippen LogP contribution in [0, 0.1) is 6.92 Å². The molecule has 7 heteroatoms. The van der Waals surface area contributed by atoms with Gasteiger partial charge in [0.25, 0.3) is 0 Å². The van der Waals surface area contributed by atoms with Crippen molar-refractivity contribution in [2.75, 3.05) is 20.8 Å². The van der Waals surface area contributed by atoms with E-state index in [4.69, 9.17) is 23.7 Å². The van der Waals surface area contributed by atoms with Crippen LogP contribution in [0.3, 0.4) is 0 Å². The number of ether oxygens (including phenoxy) is 5. The van der Waals surface area contributed by atoms with Crippen molar-refractivity contribution in [1.82, 2.24) is 0 Å². The van der Waals surface area contributed by atoms with E-state index in [0.717, 1.165) is 5.56 Å². The molecular formula is C27H24O7. The highest BCUT2D eigenvalue weighted by Crippen LogP contribution is 2.38. The Bertz CT molecular complexity index is 1290. The normalized spacial score (nSPS) is 13.3. The molecule has 7 nitrogen and oxygen atoms in total. The second-order valence-electron chi connectivity index (χ2n) is 7.48. The number of hydrogen-bond acceptors (Lipinski definition) is 7.